The number of hydrogen-bond donors (Lipinski definition) is 4. The lowest BCUT2D eigenvalue weighted by atomic mass is 9.99. The van der Waals surface area contributed by atoms with E-state index in [1.54, 1.807) is 32.6 Å². The van der Waals surface area contributed by atoms with Crippen molar-refractivity contribution in [3.05, 3.63) is 58.1 Å². The number of aromatic amines is 1. The molecule has 5 aromatic rings. The van der Waals surface area contributed by atoms with E-state index in [2.05, 4.69) is 42.5 Å². The fourth-order valence-corrected chi connectivity index (χ4v) is 6.78. The third kappa shape index (κ3) is 3.66. The Kier molecular flexibility index (Phi) is 5.84. The lowest BCUT2D eigenvalue weighted by Crippen LogP contribution is -2.35. The Hall–Kier alpha value is -4.78. The minimum absolute atomic E-state index is 0.0907. The van der Waals surface area contributed by atoms with Gasteiger partial charge in [0.2, 0.25) is 5.43 Å². The Bertz CT molecular complexity index is 2010. The molecule has 0 radical (unpaired) electrons. The number of carbonyl (C=O) groups is 1. The molecule has 7 rings (SSSR count). The van der Waals surface area contributed by atoms with Crippen LogP contribution in [0.4, 0.5) is 20.2 Å². The van der Waals surface area contributed by atoms with Gasteiger partial charge >= 0.3 is 5.97 Å². The monoisotopic (exact) mass is 574 g/mol. The van der Waals surface area contributed by atoms with Crippen LogP contribution in [0.5, 0.6) is 0 Å². The number of nitrogens with zero attached hydrogens (tertiary/aromatic N) is 5. The fourth-order valence-electron chi connectivity index (χ4n) is 6.78. The Labute approximate surface area is 237 Å². The molecule has 4 aromatic heterocycles. The summed E-state index contributed by atoms with van der Waals surface area (Å²) >= 11 is 0. The molecule has 216 valence electrons. The largest absolute Gasteiger partial charge is 0.477 e. The second kappa shape index (κ2) is 9.38. The number of benzene rings is 1. The number of halogens is 2. The summed E-state index contributed by atoms with van der Waals surface area (Å²) in [6.07, 6.45) is 5.36. The zero-order valence-electron chi connectivity index (χ0n) is 23.1. The second-order valence-corrected chi connectivity index (χ2v) is 11.0. The van der Waals surface area contributed by atoms with E-state index in [1.807, 2.05) is 0 Å². The summed E-state index contributed by atoms with van der Waals surface area (Å²) in [4.78, 5) is 41.9. The van der Waals surface area contributed by atoms with Crippen LogP contribution in [0.15, 0.2) is 35.5 Å². The highest BCUT2D eigenvalue weighted by molar-refractivity contribution is 6.18. The number of aromatic carboxylic acids is 1. The van der Waals surface area contributed by atoms with Crippen LogP contribution in [-0.4, -0.2) is 82.4 Å². The van der Waals surface area contributed by atoms with Gasteiger partial charge in [0.1, 0.15) is 11.2 Å². The van der Waals surface area contributed by atoms with Crippen molar-refractivity contribution in [3.63, 3.8) is 0 Å². The summed E-state index contributed by atoms with van der Waals surface area (Å²) in [5, 5.41) is 13.2. The normalized spacial score (nSPS) is 18.8. The van der Waals surface area contributed by atoms with Crippen LogP contribution in [0, 0.1) is 17.6 Å². The lowest BCUT2D eigenvalue weighted by Gasteiger charge is -2.29. The van der Waals surface area contributed by atoms with Gasteiger partial charge in [0.25, 0.3) is 0 Å². The molecule has 0 amide bonds. The van der Waals surface area contributed by atoms with Crippen molar-refractivity contribution in [3.8, 4) is 11.1 Å². The Morgan fingerprint density at radius 3 is 2.69 bits per heavy atom. The molecule has 4 N–H and O–H groups in total. The molecule has 6 heterocycles. The van der Waals surface area contributed by atoms with Crippen molar-refractivity contribution in [1.29, 1.82) is 0 Å². The highest BCUT2D eigenvalue weighted by Crippen LogP contribution is 2.46. The van der Waals surface area contributed by atoms with Gasteiger partial charge in [-0.05, 0) is 25.5 Å². The number of pyridine rings is 3. The molecule has 42 heavy (non-hydrogen) atoms. The van der Waals surface area contributed by atoms with E-state index in [9.17, 15) is 19.1 Å². The fraction of sp³-hybridized carbons (Fsp3) is 0.310. The first-order chi connectivity index (χ1) is 20.2. The number of likely N-dealkylation sites (tertiary alicyclic amines) is 1. The molecule has 13 heteroatoms. The summed E-state index contributed by atoms with van der Waals surface area (Å²) in [5.41, 5.74) is 4.97. The first-order valence-electron chi connectivity index (χ1n) is 13.6. The van der Waals surface area contributed by atoms with Gasteiger partial charge in [0, 0.05) is 75.6 Å². The minimum Gasteiger partial charge on any atom is -0.477 e. The molecular formula is C29H28F2N8O3. The summed E-state index contributed by atoms with van der Waals surface area (Å²) in [7, 11) is 5.30. The van der Waals surface area contributed by atoms with E-state index >= 15 is 4.39 Å². The standard InChI is InChI=1S/C29H28F2N8O3/c1-32-19-7-18(30)23(31)21-22-25(38-5-4-13-10-37(3)12-20(13)38)16(9-34-27(22)36-24(19)21)14-6-15-26(40)17(29(41)42)11-39(33-2)28(15)35-8-14/h6-9,11,13,20,32-33H,4-5,10,12H2,1-3H3,(H,34,36)(H,41,42). The van der Waals surface area contributed by atoms with Gasteiger partial charge in [-0.2, -0.15) is 0 Å². The summed E-state index contributed by atoms with van der Waals surface area (Å²) in [6.45, 7) is 2.44. The van der Waals surface area contributed by atoms with E-state index in [0.717, 1.165) is 25.6 Å². The van der Waals surface area contributed by atoms with Crippen LogP contribution in [0.1, 0.15) is 16.8 Å². The lowest BCUT2D eigenvalue weighted by molar-refractivity contribution is 0.0695. The molecule has 0 saturated carbocycles. The first-order valence-corrected chi connectivity index (χ1v) is 13.6. The quantitative estimate of drug-likeness (QED) is 0.249. The van der Waals surface area contributed by atoms with Crippen LogP contribution >= 0.6 is 0 Å². The van der Waals surface area contributed by atoms with Gasteiger partial charge < -0.3 is 30.6 Å². The van der Waals surface area contributed by atoms with E-state index in [0.29, 0.717) is 51.5 Å². The molecule has 2 aliphatic heterocycles. The number of likely N-dealkylation sites (N-methyl/N-ethyl adjacent to an activating group) is 1. The molecule has 0 spiro atoms. The number of rotatable bonds is 5. The van der Waals surface area contributed by atoms with Crippen molar-refractivity contribution < 1.29 is 18.7 Å². The van der Waals surface area contributed by atoms with Crippen molar-refractivity contribution in [2.24, 2.45) is 5.92 Å². The maximum Gasteiger partial charge on any atom is 0.341 e. The Balaban J connectivity index is 1.57. The van der Waals surface area contributed by atoms with Crippen LogP contribution < -0.4 is 21.1 Å². The van der Waals surface area contributed by atoms with Crippen molar-refractivity contribution >= 4 is 50.3 Å². The van der Waals surface area contributed by atoms with E-state index in [1.165, 1.54) is 10.9 Å². The van der Waals surface area contributed by atoms with Gasteiger partial charge in [0.05, 0.1) is 33.1 Å². The summed E-state index contributed by atoms with van der Waals surface area (Å²) in [6, 6.07) is 2.85. The topological polar surface area (TPSA) is 131 Å². The zero-order chi connectivity index (χ0) is 29.4. The number of aromatic nitrogens is 4. The van der Waals surface area contributed by atoms with E-state index in [-0.39, 0.29) is 22.5 Å². The number of H-pyrrole nitrogens is 1. The van der Waals surface area contributed by atoms with E-state index < -0.39 is 28.6 Å². The first kappa shape index (κ1) is 26.1. The maximum absolute atomic E-state index is 15.7. The predicted molar refractivity (Wildman–Crippen MR) is 157 cm³/mol. The van der Waals surface area contributed by atoms with Crippen molar-refractivity contribution in [2.45, 2.75) is 12.5 Å². The van der Waals surface area contributed by atoms with Crippen molar-refractivity contribution in [2.75, 3.05) is 56.4 Å². The molecular weight excluding hydrogens is 546 g/mol. The number of hydrogen-bond acceptors (Lipinski definition) is 8. The number of anilines is 2. The summed E-state index contributed by atoms with van der Waals surface area (Å²) < 4.78 is 32.0. The second-order valence-electron chi connectivity index (χ2n) is 11.0. The molecule has 2 atom stereocenters. The average Bonchev–Trinajstić information content (AvgIpc) is 3.66. The third-order valence-corrected chi connectivity index (χ3v) is 8.68. The molecule has 2 aliphatic rings. The van der Waals surface area contributed by atoms with Crippen LogP contribution in [-0.2, 0) is 0 Å². The molecule has 11 nitrogen and oxygen atoms in total. The maximum atomic E-state index is 15.7. The number of carboxylic acids is 1. The van der Waals surface area contributed by atoms with Crippen LogP contribution in [0.25, 0.3) is 44.1 Å². The highest BCUT2D eigenvalue weighted by Gasteiger charge is 2.42. The third-order valence-electron chi connectivity index (χ3n) is 8.68. The van der Waals surface area contributed by atoms with Gasteiger partial charge in [-0.25, -0.2) is 28.2 Å². The summed E-state index contributed by atoms with van der Waals surface area (Å²) in [5.74, 6) is -2.91. The van der Waals surface area contributed by atoms with Gasteiger partial charge in [-0.3, -0.25) is 4.79 Å². The number of fused-ring (bicyclic) bond motifs is 5. The van der Waals surface area contributed by atoms with Crippen LogP contribution in [0.3, 0.4) is 0 Å². The molecule has 2 unspecified atom stereocenters. The van der Waals surface area contributed by atoms with Gasteiger partial charge in [-0.1, -0.05) is 0 Å². The predicted octanol–water partition coefficient (Wildman–Crippen LogP) is 3.42. The Morgan fingerprint density at radius 2 is 1.95 bits per heavy atom. The van der Waals surface area contributed by atoms with Gasteiger partial charge in [0.15, 0.2) is 17.3 Å². The molecule has 2 saturated heterocycles. The van der Waals surface area contributed by atoms with Crippen LogP contribution in [0.2, 0.25) is 0 Å². The molecule has 2 fully saturated rings. The number of carboxylic acid groups (broad SMARTS) is 1. The minimum atomic E-state index is -1.36. The SMILES string of the molecule is CNc1cc(F)c(F)c2c1[nH]c1ncc(-c3cnc4c(c3)c(=O)c(C(=O)O)cn4NC)c(N3CCC4CN(C)CC43)c12. The zero-order valence-corrected chi connectivity index (χ0v) is 23.1. The molecule has 1 aromatic carbocycles. The van der Waals surface area contributed by atoms with Gasteiger partial charge in [-0.15, -0.1) is 0 Å². The smallest absolute Gasteiger partial charge is 0.341 e. The molecule has 0 aliphatic carbocycles. The van der Waals surface area contributed by atoms with E-state index in [4.69, 9.17) is 0 Å². The number of nitrogens with one attached hydrogen (secondary N) is 3. The Morgan fingerprint density at radius 1 is 1.14 bits per heavy atom. The molecule has 0 bridgehead atoms. The van der Waals surface area contributed by atoms with Crippen molar-refractivity contribution in [1.82, 2.24) is 24.5 Å². The highest BCUT2D eigenvalue weighted by atomic mass is 19.2. The average molecular weight is 575 g/mol.